The molecule has 0 aromatic heterocycles. The lowest BCUT2D eigenvalue weighted by atomic mass is 9.62. The molecule has 2 unspecified atom stereocenters. The summed E-state index contributed by atoms with van der Waals surface area (Å²) >= 11 is 13.0. The van der Waals surface area contributed by atoms with Gasteiger partial charge in [0.2, 0.25) is 5.91 Å². The number of carbonyl (C=O) groups is 2. The topological polar surface area (TPSA) is 52.7 Å². The Labute approximate surface area is 260 Å². The van der Waals surface area contributed by atoms with Crippen LogP contribution in [0.4, 0.5) is 0 Å². The van der Waals surface area contributed by atoms with E-state index in [4.69, 9.17) is 23.2 Å². The second kappa shape index (κ2) is 13.2. The fraction of sp³-hybridized carbons (Fsp3) is 0.429. The minimum atomic E-state index is -0.745. The number of halogens is 2. The van der Waals surface area contributed by atoms with Crippen LogP contribution in [0.5, 0.6) is 0 Å². The second-order valence-electron chi connectivity index (χ2n) is 11.9. The number of likely N-dealkylation sites (N-methyl/N-ethyl adjacent to an activating group) is 1. The maximum absolute atomic E-state index is 15.0. The molecule has 2 aliphatic rings. The molecule has 5 rings (SSSR count). The largest absolute Gasteiger partial charge is 0.336 e. The second-order valence-corrected chi connectivity index (χ2v) is 12.7. The van der Waals surface area contributed by atoms with Gasteiger partial charge in [-0.2, -0.15) is 0 Å². The van der Waals surface area contributed by atoms with Crippen molar-refractivity contribution in [2.45, 2.75) is 56.4 Å². The first-order valence-electron chi connectivity index (χ1n) is 15.2. The van der Waals surface area contributed by atoms with Crippen molar-refractivity contribution in [2.75, 3.05) is 33.2 Å². The van der Waals surface area contributed by atoms with Crippen molar-refractivity contribution in [3.05, 3.63) is 106 Å². The molecule has 0 radical (unpaired) electrons. The molecule has 2 heterocycles. The van der Waals surface area contributed by atoms with Gasteiger partial charge < -0.3 is 15.1 Å². The lowest BCUT2D eigenvalue weighted by Crippen LogP contribution is -2.61. The highest BCUT2D eigenvalue weighted by Crippen LogP contribution is 2.46. The summed E-state index contributed by atoms with van der Waals surface area (Å²) in [6, 6.07) is 25.6. The molecule has 7 heteroatoms. The van der Waals surface area contributed by atoms with Gasteiger partial charge in [-0.3, -0.25) is 9.59 Å². The van der Waals surface area contributed by atoms with E-state index >= 15 is 4.79 Å². The smallest absolute Gasteiger partial charge is 0.253 e. The lowest BCUT2D eigenvalue weighted by Gasteiger charge is -2.52. The van der Waals surface area contributed by atoms with E-state index in [2.05, 4.69) is 36.5 Å². The van der Waals surface area contributed by atoms with Gasteiger partial charge in [-0.05, 0) is 80.6 Å². The third-order valence-electron chi connectivity index (χ3n) is 9.60. The normalized spacial score (nSPS) is 21.0. The van der Waals surface area contributed by atoms with Crippen LogP contribution in [0.3, 0.4) is 0 Å². The molecule has 0 aliphatic carbocycles. The standard InChI is InChI=1S/C35H41Cl2N3O2/c1-3-11-29(34(19-21-38-22-20-34)27-14-8-5-9-15-27)33(42)39(2)35(28-16-17-30(36)31(37)24-28)18-10-23-40(25-35)32(41)26-12-6-4-7-13-26/h4-9,12-17,24,29,38H,3,10-11,18-23,25H2,1-2H3. The predicted molar refractivity (Wildman–Crippen MR) is 171 cm³/mol. The van der Waals surface area contributed by atoms with Crippen LogP contribution in [-0.2, 0) is 15.7 Å². The summed E-state index contributed by atoms with van der Waals surface area (Å²) in [4.78, 5) is 32.6. The van der Waals surface area contributed by atoms with Crippen LogP contribution in [0.25, 0.3) is 0 Å². The van der Waals surface area contributed by atoms with Crippen LogP contribution in [0.1, 0.15) is 66.9 Å². The van der Waals surface area contributed by atoms with Gasteiger partial charge in [0.25, 0.3) is 5.91 Å². The van der Waals surface area contributed by atoms with Gasteiger partial charge in [-0.1, -0.05) is 91.1 Å². The number of hydrogen-bond acceptors (Lipinski definition) is 3. The summed E-state index contributed by atoms with van der Waals surface area (Å²) in [5.41, 5.74) is 1.79. The number of piperidine rings is 2. The number of benzene rings is 3. The third kappa shape index (κ3) is 5.84. The van der Waals surface area contributed by atoms with E-state index in [-0.39, 0.29) is 23.1 Å². The van der Waals surface area contributed by atoms with Crippen molar-refractivity contribution in [3.8, 4) is 0 Å². The molecule has 3 aromatic carbocycles. The number of nitrogens with one attached hydrogen (secondary N) is 1. The van der Waals surface area contributed by atoms with Crippen LogP contribution in [0.15, 0.2) is 78.9 Å². The number of hydrogen-bond donors (Lipinski definition) is 1. The zero-order valence-electron chi connectivity index (χ0n) is 24.6. The summed E-state index contributed by atoms with van der Waals surface area (Å²) in [5.74, 6) is -0.0932. The van der Waals surface area contributed by atoms with E-state index in [1.807, 2.05) is 65.4 Å². The maximum atomic E-state index is 15.0. The maximum Gasteiger partial charge on any atom is 0.253 e. The zero-order chi connectivity index (χ0) is 29.7. The first kappa shape index (κ1) is 30.6. The fourth-order valence-electron chi connectivity index (χ4n) is 7.31. The quantitative estimate of drug-likeness (QED) is 0.292. The summed E-state index contributed by atoms with van der Waals surface area (Å²) in [5, 5.41) is 4.44. The fourth-order valence-corrected chi connectivity index (χ4v) is 7.61. The van der Waals surface area contributed by atoms with E-state index in [0.717, 1.165) is 57.2 Å². The average molecular weight is 607 g/mol. The summed E-state index contributed by atoms with van der Waals surface area (Å²) < 4.78 is 0. The van der Waals surface area contributed by atoms with Gasteiger partial charge in [0.15, 0.2) is 0 Å². The van der Waals surface area contributed by atoms with Crippen LogP contribution >= 0.6 is 23.2 Å². The summed E-state index contributed by atoms with van der Waals surface area (Å²) in [6.07, 6.45) is 5.00. The molecule has 0 saturated carbocycles. The first-order valence-corrected chi connectivity index (χ1v) is 15.9. The van der Waals surface area contributed by atoms with Crippen molar-refractivity contribution in [3.63, 3.8) is 0 Å². The Morgan fingerprint density at radius 2 is 1.57 bits per heavy atom. The number of likely N-dealkylation sites (tertiary alicyclic amines) is 1. The number of rotatable bonds is 8. The molecule has 3 aromatic rings. The first-order chi connectivity index (χ1) is 20.3. The minimum Gasteiger partial charge on any atom is -0.336 e. The van der Waals surface area contributed by atoms with Crippen LogP contribution in [-0.4, -0.2) is 54.8 Å². The molecule has 222 valence electrons. The molecule has 0 bridgehead atoms. The molecular formula is C35H41Cl2N3O2. The Kier molecular flexibility index (Phi) is 9.61. The van der Waals surface area contributed by atoms with Gasteiger partial charge in [0.05, 0.1) is 15.6 Å². The van der Waals surface area contributed by atoms with Gasteiger partial charge in [-0.25, -0.2) is 0 Å². The van der Waals surface area contributed by atoms with E-state index in [9.17, 15) is 4.79 Å². The van der Waals surface area contributed by atoms with Crippen molar-refractivity contribution in [2.24, 2.45) is 5.92 Å². The molecule has 5 nitrogen and oxygen atoms in total. The zero-order valence-corrected chi connectivity index (χ0v) is 26.1. The van der Waals surface area contributed by atoms with Crippen LogP contribution in [0.2, 0.25) is 10.0 Å². The Balaban J connectivity index is 1.58. The highest BCUT2D eigenvalue weighted by molar-refractivity contribution is 6.42. The average Bonchev–Trinajstić information content (AvgIpc) is 3.05. The van der Waals surface area contributed by atoms with Crippen molar-refractivity contribution < 1.29 is 9.59 Å². The molecule has 1 N–H and O–H groups in total. The third-order valence-corrected chi connectivity index (χ3v) is 10.3. The van der Waals surface area contributed by atoms with Gasteiger partial charge >= 0.3 is 0 Å². The number of amides is 2. The molecule has 2 aliphatic heterocycles. The monoisotopic (exact) mass is 605 g/mol. The Morgan fingerprint density at radius 1 is 0.905 bits per heavy atom. The molecule has 0 spiro atoms. The molecule has 2 atom stereocenters. The van der Waals surface area contributed by atoms with Gasteiger partial charge in [0.1, 0.15) is 0 Å². The lowest BCUT2D eigenvalue weighted by molar-refractivity contribution is -0.146. The van der Waals surface area contributed by atoms with Crippen molar-refractivity contribution in [1.82, 2.24) is 15.1 Å². The molecular weight excluding hydrogens is 565 g/mol. The van der Waals surface area contributed by atoms with Gasteiger partial charge in [-0.15, -0.1) is 0 Å². The Morgan fingerprint density at radius 3 is 2.21 bits per heavy atom. The predicted octanol–water partition coefficient (Wildman–Crippen LogP) is 7.32. The number of nitrogens with zero attached hydrogens (tertiary/aromatic N) is 2. The van der Waals surface area contributed by atoms with Crippen molar-refractivity contribution >= 4 is 35.0 Å². The van der Waals surface area contributed by atoms with E-state index in [1.165, 1.54) is 5.56 Å². The molecule has 2 saturated heterocycles. The van der Waals surface area contributed by atoms with E-state index in [1.54, 1.807) is 6.07 Å². The minimum absolute atomic E-state index is 0.0233. The van der Waals surface area contributed by atoms with E-state index < -0.39 is 5.54 Å². The SMILES string of the molecule is CCCC(C(=O)N(C)C1(c2ccc(Cl)c(Cl)c2)CCCN(C(=O)c2ccccc2)C1)C1(c2ccccc2)CCNCC1. The highest BCUT2D eigenvalue weighted by atomic mass is 35.5. The Hall–Kier alpha value is -2.86. The van der Waals surface area contributed by atoms with Crippen LogP contribution in [0, 0.1) is 5.92 Å². The van der Waals surface area contributed by atoms with Gasteiger partial charge in [0, 0.05) is 37.0 Å². The summed E-state index contributed by atoms with van der Waals surface area (Å²) in [7, 11) is 1.93. The van der Waals surface area contributed by atoms with Crippen LogP contribution < -0.4 is 5.32 Å². The Bertz CT molecular complexity index is 1380. The summed E-state index contributed by atoms with van der Waals surface area (Å²) in [6.45, 7) is 4.94. The number of carbonyl (C=O) groups excluding carboxylic acids is 2. The van der Waals surface area contributed by atoms with Crippen molar-refractivity contribution in [1.29, 1.82) is 0 Å². The van der Waals surface area contributed by atoms with E-state index in [0.29, 0.717) is 28.7 Å². The molecule has 42 heavy (non-hydrogen) atoms. The highest BCUT2D eigenvalue weighted by Gasteiger charge is 2.50. The molecule has 2 fully saturated rings. The molecule has 2 amide bonds.